The number of hydrogen-bond donors (Lipinski definition) is 0. The fourth-order valence-corrected chi connectivity index (χ4v) is 71.9. The van der Waals surface area contributed by atoms with E-state index in [-0.39, 0.29) is 0 Å². The average Bonchev–Trinajstić information content (AvgIpc) is 2.90. The van der Waals surface area contributed by atoms with Gasteiger partial charge in [-0.2, -0.15) is 0 Å². The maximum absolute atomic E-state index is 6.70. The van der Waals surface area contributed by atoms with Gasteiger partial charge in [0, 0.05) is 0 Å². The van der Waals surface area contributed by atoms with Crippen LogP contribution in [0.1, 0.15) is 0 Å². The van der Waals surface area contributed by atoms with E-state index in [1.54, 1.807) is 22.8 Å². The minimum atomic E-state index is -2.61. The summed E-state index contributed by atoms with van der Waals surface area (Å²) in [6.07, 6.45) is 0. The van der Waals surface area contributed by atoms with Crippen molar-refractivity contribution in [1.29, 1.82) is 0 Å². The van der Waals surface area contributed by atoms with Crippen LogP contribution in [0.4, 0.5) is 0 Å². The molecule has 1 aliphatic heterocycles. The van der Waals surface area contributed by atoms with Crippen LogP contribution in [-0.4, -0.2) is 121 Å². The molecule has 0 saturated carbocycles. The molecule has 0 unspecified atom stereocenters. The van der Waals surface area contributed by atoms with Gasteiger partial charge in [0.25, 0.3) is 0 Å². The second kappa shape index (κ2) is 21.9. The van der Waals surface area contributed by atoms with Crippen molar-refractivity contribution in [3.63, 3.8) is 0 Å². The Morgan fingerprint density at radius 2 is 0.458 bits per heavy atom. The van der Waals surface area contributed by atoms with Crippen LogP contribution in [0.15, 0.2) is 49.1 Å². The quantitative estimate of drug-likeness (QED) is 0.0958. The molecule has 1 fully saturated rings. The monoisotopic (exact) mass is 1070 g/mol. The minimum Gasteiger partial charge on any atom is -0.440 e. The average molecular weight is 1070 g/mol. The van der Waals surface area contributed by atoms with E-state index in [0.29, 0.717) is 0 Å². The summed E-state index contributed by atoms with van der Waals surface area (Å²) in [4.78, 5) is 0. The van der Waals surface area contributed by atoms with Crippen LogP contribution in [0, 0.1) is 0 Å². The molecule has 0 atom stereocenters. The zero-order valence-corrected chi connectivity index (χ0v) is 55.9. The predicted octanol–water partition coefficient (Wildman–Crippen LogP) is 9.97. The molecule has 0 aromatic rings. The van der Waals surface area contributed by atoms with E-state index in [0.717, 1.165) is 0 Å². The van der Waals surface area contributed by atoms with Gasteiger partial charge in [0.05, 0.1) is 0 Å². The Bertz CT molecular complexity index is 1260. The molecule has 13 nitrogen and oxygen atoms in total. The minimum absolute atomic E-state index is 1.20. The highest BCUT2D eigenvalue weighted by atomic mass is 28.5. The van der Waals surface area contributed by atoms with Crippen LogP contribution in [0.2, 0.25) is 157 Å². The Hall–Kier alpha value is 1.48. The zero-order chi connectivity index (χ0) is 47.2. The molecule has 0 amide bonds. The summed E-state index contributed by atoms with van der Waals surface area (Å²) < 4.78 is 83.8. The third-order valence-corrected chi connectivity index (χ3v) is 59.4. The van der Waals surface area contributed by atoms with Gasteiger partial charge in [0.15, 0.2) is 18.1 Å². The maximum atomic E-state index is 6.70. The first kappa shape index (κ1) is 60.5. The highest BCUT2D eigenvalue weighted by Crippen LogP contribution is 2.33. The Morgan fingerprint density at radius 1 is 0.322 bits per heavy atom. The molecule has 0 radical (unpaired) electrons. The number of rotatable bonds is 22. The van der Waals surface area contributed by atoms with E-state index >= 15 is 0 Å². The summed E-state index contributed by atoms with van der Waals surface area (Å²) in [6, 6.07) is 0. The second-order valence-corrected chi connectivity index (χ2v) is 66.8. The van der Waals surface area contributed by atoms with Crippen molar-refractivity contribution in [2.45, 2.75) is 157 Å². The fraction of sp³-hybridized carbons (Fsp3) is 0.750. The molecule has 59 heavy (non-hydrogen) atoms. The Balaban J connectivity index is 0.00000140. The predicted molar refractivity (Wildman–Crippen MR) is 279 cm³/mol. The van der Waals surface area contributed by atoms with Gasteiger partial charge in [-0.05, 0) is 157 Å². The molecule has 0 aromatic carbocycles. The molecule has 1 saturated heterocycles. The smallest absolute Gasteiger partial charge is 0.344 e. The SMILES string of the molecule is C=C[Si]1(C)O[Si](C)(C=C)O[Si](C)(C=C)O[Si](C)(C=C)O1.C[SiH](C)O[Si](C)(C)O[Si](C)(C)O[Si](C)(C)O[Si](C)(C)O[Si](C)(C)O[Si](C)(C)O[Si](C)(C)O[Si](C)(C)O[SiH](C)C. The van der Waals surface area contributed by atoms with E-state index in [2.05, 4.69) is 157 Å². The largest absolute Gasteiger partial charge is 0.440 e. The molecule has 1 rings (SSSR count). The summed E-state index contributed by atoms with van der Waals surface area (Å²) in [5.74, 6) is 0. The van der Waals surface area contributed by atoms with Gasteiger partial charge in [-0.3, -0.25) is 0 Å². The van der Waals surface area contributed by atoms with Crippen molar-refractivity contribution in [3.05, 3.63) is 49.1 Å². The third-order valence-electron chi connectivity index (χ3n) is 7.58. The van der Waals surface area contributed by atoms with Crippen LogP contribution < -0.4 is 0 Å². The molecule has 27 heteroatoms. The molecule has 0 spiro atoms. The first-order valence-corrected chi connectivity index (χ1v) is 58.1. The molecule has 1 heterocycles. The lowest BCUT2D eigenvalue weighted by Crippen LogP contribution is -2.65. The van der Waals surface area contributed by atoms with Crippen LogP contribution in [0.3, 0.4) is 0 Å². The molecule has 0 bridgehead atoms. The van der Waals surface area contributed by atoms with Gasteiger partial charge in [-0.1, -0.05) is 22.8 Å². The molecule has 0 N–H and O–H groups in total. The topological polar surface area (TPSA) is 120 Å². The lowest BCUT2D eigenvalue weighted by atomic mass is 11.3. The summed E-state index contributed by atoms with van der Waals surface area (Å²) in [7, 11) is -32.6. The van der Waals surface area contributed by atoms with E-state index in [1.807, 2.05) is 26.2 Å². The Labute approximate surface area is 378 Å². The van der Waals surface area contributed by atoms with Gasteiger partial charge < -0.3 is 53.5 Å². The van der Waals surface area contributed by atoms with Crippen LogP contribution in [0.25, 0.3) is 0 Å². The summed E-state index contributed by atoms with van der Waals surface area (Å²) in [5.41, 5.74) is 7.01. The number of hydrogen-bond acceptors (Lipinski definition) is 13. The van der Waals surface area contributed by atoms with Gasteiger partial charge in [0.1, 0.15) is 0 Å². The highest BCUT2D eigenvalue weighted by molar-refractivity contribution is 6.98. The van der Waals surface area contributed by atoms with Gasteiger partial charge in [-0.15, -0.1) is 26.3 Å². The van der Waals surface area contributed by atoms with Crippen molar-refractivity contribution in [3.8, 4) is 0 Å². The van der Waals surface area contributed by atoms with Crippen molar-refractivity contribution in [1.82, 2.24) is 0 Å². The van der Waals surface area contributed by atoms with Crippen molar-refractivity contribution in [2.24, 2.45) is 0 Å². The first-order valence-electron chi connectivity index (χ1n) is 20.5. The fourth-order valence-electron chi connectivity index (χ4n) is 7.48. The van der Waals surface area contributed by atoms with Gasteiger partial charge >= 0.3 is 103 Å². The molecular formula is C32H86O13Si14. The molecule has 348 valence electrons. The summed E-state index contributed by atoms with van der Waals surface area (Å²) in [5, 5.41) is 0. The third kappa shape index (κ3) is 24.5. The lowest BCUT2D eigenvalue weighted by Gasteiger charge is -2.46. The van der Waals surface area contributed by atoms with Crippen molar-refractivity contribution in [2.75, 3.05) is 0 Å². The van der Waals surface area contributed by atoms with E-state index in [4.69, 9.17) is 53.5 Å². The second-order valence-electron chi connectivity index (χ2n) is 19.5. The molecule has 0 aromatic heterocycles. The summed E-state index contributed by atoms with van der Waals surface area (Å²) in [6.45, 7) is 65.2. The summed E-state index contributed by atoms with van der Waals surface area (Å²) >= 11 is 0. The van der Waals surface area contributed by atoms with E-state index in [9.17, 15) is 0 Å². The Morgan fingerprint density at radius 3 is 0.576 bits per heavy atom. The van der Waals surface area contributed by atoms with E-state index < -0.39 is 121 Å². The first-order chi connectivity index (χ1) is 25.9. The van der Waals surface area contributed by atoms with Gasteiger partial charge in [-0.25, -0.2) is 0 Å². The van der Waals surface area contributed by atoms with Crippen LogP contribution in [0.5, 0.6) is 0 Å². The standard InChI is InChI=1S/C20H62O9Si10.C12H24O4Si4/c1-30(2)21-32(5,6)23-34(9,10)25-36(13,14)27-38(17,18)29-39(19,20)28-37(15,16)26-35(11,12)24-33(7,8)22-31(3)4;1-9-17(5)13-18(6,10-2)15-20(8,12-4)16-19(7,11-3)14-17/h30-31H,1-20H3;9-12H,1-4H2,5-8H3. The van der Waals surface area contributed by atoms with Crippen LogP contribution >= 0.6 is 0 Å². The highest BCUT2D eigenvalue weighted by Gasteiger charge is 2.54. The molecular weight excluding hydrogens is 986 g/mol. The zero-order valence-electron chi connectivity index (χ0n) is 41.6. The molecule has 0 aliphatic carbocycles. The lowest BCUT2D eigenvalue weighted by molar-refractivity contribution is 0.249. The van der Waals surface area contributed by atoms with Gasteiger partial charge in [0.2, 0.25) is 0 Å². The van der Waals surface area contributed by atoms with Crippen molar-refractivity contribution < 1.29 is 53.5 Å². The molecule has 1 aliphatic rings. The van der Waals surface area contributed by atoms with Crippen LogP contribution in [-0.2, 0) is 53.5 Å². The maximum Gasteiger partial charge on any atom is 0.344 e. The normalized spacial score (nSPS) is 25.8. The van der Waals surface area contributed by atoms with E-state index in [1.165, 1.54) is 0 Å². The van der Waals surface area contributed by atoms with Crippen molar-refractivity contribution >= 4 is 121 Å². The Kier molecular flexibility index (Phi) is 22.4.